The molecule has 0 amide bonds. The third-order valence-corrected chi connectivity index (χ3v) is 4.41. The molecule has 1 aliphatic rings. The van der Waals surface area contributed by atoms with Gasteiger partial charge in [0.25, 0.3) is 0 Å². The summed E-state index contributed by atoms with van der Waals surface area (Å²) in [7, 11) is 1.32. The highest BCUT2D eigenvalue weighted by Gasteiger charge is 2.28. The average Bonchev–Trinajstić information content (AvgIpc) is 2.70. The Morgan fingerprint density at radius 2 is 2.22 bits per heavy atom. The van der Waals surface area contributed by atoms with Crippen molar-refractivity contribution < 1.29 is 22.5 Å². The number of hydrogen-bond donors (Lipinski definition) is 1. The number of benzene rings is 1. The number of ether oxygens (including phenoxy) is 1. The predicted molar refractivity (Wildman–Crippen MR) is 90.5 cm³/mol. The highest BCUT2D eigenvalue weighted by molar-refractivity contribution is 8.08. The van der Waals surface area contributed by atoms with E-state index >= 15 is 0 Å². The van der Waals surface area contributed by atoms with E-state index in [9.17, 15) is 13.6 Å². The lowest BCUT2D eigenvalue weighted by Gasteiger charge is -2.14. The lowest BCUT2D eigenvalue weighted by atomic mass is 9.98. The van der Waals surface area contributed by atoms with Crippen molar-refractivity contribution in [3.8, 4) is 0 Å². The van der Waals surface area contributed by atoms with Crippen molar-refractivity contribution in [2.24, 2.45) is 5.92 Å². The van der Waals surface area contributed by atoms with Crippen LogP contribution in [0.3, 0.4) is 0 Å². The number of methoxy groups -OCH3 is 1. The number of rotatable bonds is 5. The molecule has 0 N–H and O–H groups in total. The number of halogens is 2. The summed E-state index contributed by atoms with van der Waals surface area (Å²) in [5, 5.41) is 0. The Bertz CT molecular complexity index is 612. The topological polar surface area (TPSA) is 35.5 Å². The van der Waals surface area contributed by atoms with Gasteiger partial charge in [-0.05, 0) is 49.0 Å². The van der Waals surface area contributed by atoms with Gasteiger partial charge in [0.15, 0.2) is 0 Å². The number of carbonyl (C=O) groups excluding carboxylic acids is 1. The van der Waals surface area contributed by atoms with Crippen molar-refractivity contribution in [3.05, 3.63) is 41.0 Å². The number of allylic oxidation sites excluding steroid dienone is 1. The van der Waals surface area contributed by atoms with Crippen LogP contribution in [0.2, 0.25) is 0 Å². The first-order chi connectivity index (χ1) is 10.8. The standard InChI is InChI=1S/C16H18F2O3S2/c1-3-10-4-5-11-9-12(15(19)20-2)6-7-13(11)14(8-10)21-23-16(17,18)22/h6-10,22H,3-5H2,1-2H3. The minimum Gasteiger partial charge on any atom is -0.465 e. The number of fused-ring (bicyclic) bond motifs is 1. The lowest BCUT2D eigenvalue weighted by Crippen LogP contribution is -2.04. The molecule has 1 aromatic rings. The number of esters is 1. The van der Waals surface area contributed by atoms with Crippen LogP contribution in [-0.4, -0.2) is 17.7 Å². The van der Waals surface area contributed by atoms with Gasteiger partial charge < -0.3 is 8.92 Å². The Balaban J connectivity index is 2.35. The lowest BCUT2D eigenvalue weighted by molar-refractivity contribution is 0.0600. The largest absolute Gasteiger partial charge is 0.465 e. The van der Waals surface area contributed by atoms with Gasteiger partial charge in [0.05, 0.1) is 12.7 Å². The van der Waals surface area contributed by atoms with E-state index in [0.29, 0.717) is 11.3 Å². The second-order valence-electron chi connectivity index (χ2n) is 5.25. The fraction of sp³-hybridized carbons (Fsp3) is 0.438. The molecular formula is C16H18F2O3S2. The summed E-state index contributed by atoms with van der Waals surface area (Å²) < 4.78 is 32.6. The quantitative estimate of drug-likeness (QED) is 0.349. The van der Waals surface area contributed by atoms with Gasteiger partial charge in [-0.2, -0.15) is 8.78 Å². The predicted octanol–water partition coefficient (Wildman–Crippen LogP) is 4.93. The summed E-state index contributed by atoms with van der Waals surface area (Å²) in [5.74, 6) is 0.194. The second kappa shape index (κ2) is 7.57. The van der Waals surface area contributed by atoms with Crippen molar-refractivity contribution in [2.45, 2.75) is 30.8 Å². The first-order valence-electron chi connectivity index (χ1n) is 7.23. The molecule has 126 valence electrons. The van der Waals surface area contributed by atoms with Crippen LogP contribution in [0.4, 0.5) is 8.78 Å². The van der Waals surface area contributed by atoms with Crippen LogP contribution in [0, 0.1) is 5.92 Å². The van der Waals surface area contributed by atoms with Gasteiger partial charge in [-0.1, -0.05) is 25.6 Å². The van der Waals surface area contributed by atoms with Gasteiger partial charge in [-0.25, -0.2) is 4.79 Å². The first kappa shape index (κ1) is 18.1. The Labute approximate surface area is 144 Å². The van der Waals surface area contributed by atoms with Crippen molar-refractivity contribution in [3.63, 3.8) is 0 Å². The fourth-order valence-electron chi connectivity index (χ4n) is 2.50. The number of thiol groups is 1. The molecule has 0 saturated carbocycles. The fourth-order valence-corrected chi connectivity index (χ4v) is 2.95. The Morgan fingerprint density at radius 1 is 1.48 bits per heavy atom. The minimum absolute atomic E-state index is 0.0114. The third kappa shape index (κ3) is 4.88. The summed E-state index contributed by atoms with van der Waals surface area (Å²) in [5.41, 5.74) is 2.05. The molecule has 0 saturated heterocycles. The molecule has 1 aliphatic carbocycles. The van der Waals surface area contributed by atoms with Crippen LogP contribution in [-0.2, 0) is 15.3 Å². The van der Waals surface area contributed by atoms with Gasteiger partial charge in [0, 0.05) is 5.56 Å². The molecule has 7 heteroatoms. The van der Waals surface area contributed by atoms with Crippen LogP contribution in [0.15, 0.2) is 24.3 Å². The molecule has 23 heavy (non-hydrogen) atoms. The number of carbonyl (C=O) groups is 1. The minimum atomic E-state index is -3.28. The summed E-state index contributed by atoms with van der Waals surface area (Å²) in [6, 6.07) is 5.06. The number of aryl methyl sites for hydroxylation is 1. The van der Waals surface area contributed by atoms with E-state index in [0.717, 1.165) is 30.4 Å². The molecule has 1 aromatic carbocycles. The van der Waals surface area contributed by atoms with Gasteiger partial charge in [0.2, 0.25) is 0 Å². The monoisotopic (exact) mass is 360 g/mol. The molecule has 0 spiro atoms. The summed E-state index contributed by atoms with van der Waals surface area (Å²) in [4.78, 5) is 11.7. The highest BCUT2D eigenvalue weighted by atomic mass is 32.2. The van der Waals surface area contributed by atoms with Crippen LogP contribution in [0.1, 0.15) is 41.3 Å². The van der Waals surface area contributed by atoms with Gasteiger partial charge >= 0.3 is 10.6 Å². The smallest absolute Gasteiger partial charge is 0.373 e. The Kier molecular flexibility index (Phi) is 5.97. The maximum absolute atomic E-state index is 13.0. The van der Waals surface area contributed by atoms with E-state index in [1.807, 2.05) is 13.0 Å². The zero-order chi connectivity index (χ0) is 17.0. The van der Waals surface area contributed by atoms with Gasteiger partial charge in [-0.3, -0.25) is 0 Å². The van der Waals surface area contributed by atoms with E-state index in [1.165, 1.54) is 7.11 Å². The maximum atomic E-state index is 13.0. The molecule has 0 radical (unpaired) electrons. The molecule has 0 aromatic heterocycles. The summed E-state index contributed by atoms with van der Waals surface area (Å²) >= 11 is 3.18. The second-order valence-corrected chi connectivity index (χ2v) is 6.96. The summed E-state index contributed by atoms with van der Waals surface area (Å²) in [6.45, 7) is 2.04. The normalized spacial score (nSPS) is 17.8. The molecule has 0 heterocycles. The van der Waals surface area contributed by atoms with Crippen molar-refractivity contribution in [2.75, 3.05) is 7.11 Å². The SMILES string of the molecule is CCC1C=C(OSC(F)(F)S)c2ccc(C(=O)OC)cc2CC1. The van der Waals surface area contributed by atoms with Gasteiger partial charge in [-0.15, -0.1) is 0 Å². The third-order valence-electron chi connectivity index (χ3n) is 3.72. The van der Waals surface area contributed by atoms with Crippen molar-refractivity contribution >= 4 is 36.4 Å². The maximum Gasteiger partial charge on any atom is 0.373 e. The van der Waals surface area contributed by atoms with Crippen LogP contribution < -0.4 is 0 Å². The Hall–Kier alpha value is -1.21. The van der Waals surface area contributed by atoms with Gasteiger partial charge in [0.1, 0.15) is 17.8 Å². The van der Waals surface area contributed by atoms with E-state index in [2.05, 4.69) is 12.6 Å². The molecule has 2 rings (SSSR count). The van der Waals surface area contributed by atoms with E-state index < -0.39 is 10.6 Å². The van der Waals surface area contributed by atoms with E-state index in [4.69, 9.17) is 8.92 Å². The van der Waals surface area contributed by atoms with Crippen molar-refractivity contribution in [1.29, 1.82) is 0 Å². The van der Waals surface area contributed by atoms with Crippen LogP contribution in [0.5, 0.6) is 0 Å². The Morgan fingerprint density at radius 3 is 2.83 bits per heavy atom. The first-order valence-corrected chi connectivity index (χ1v) is 8.42. The molecule has 0 bridgehead atoms. The molecule has 0 fully saturated rings. The van der Waals surface area contributed by atoms with E-state index in [-0.39, 0.29) is 18.0 Å². The molecular weight excluding hydrogens is 342 g/mol. The van der Waals surface area contributed by atoms with Crippen LogP contribution in [0.25, 0.3) is 5.76 Å². The van der Waals surface area contributed by atoms with E-state index in [1.54, 1.807) is 18.2 Å². The highest BCUT2D eigenvalue weighted by Crippen LogP contribution is 2.40. The van der Waals surface area contributed by atoms with Crippen molar-refractivity contribution in [1.82, 2.24) is 0 Å². The molecule has 1 unspecified atom stereocenters. The molecule has 0 aliphatic heterocycles. The summed E-state index contributed by atoms with van der Waals surface area (Å²) in [6.07, 6.45) is 4.36. The van der Waals surface area contributed by atoms with Crippen LogP contribution >= 0.6 is 24.7 Å². The molecule has 1 atom stereocenters. The zero-order valence-corrected chi connectivity index (χ0v) is 14.6. The molecule has 3 nitrogen and oxygen atoms in total. The number of alkyl halides is 2. The average molecular weight is 360 g/mol. The number of hydrogen-bond acceptors (Lipinski definition) is 5. The zero-order valence-electron chi connectivity index (χ0n) is 12.8.